The minimum Gasteiger partial charge on any atom is -0.495 e. The summed E-state index contributed by atoms with van der Waals surface area (Å²) in [4.78, 5) is 19.0. The van der Waals surface area contributed by atoms with Crippen molar-refractivity contribution in [2.24, 2.45) is 0 Å². The van der Waals surface area contributed by atoms with Gasteiger partial charge in [-0.05, 0) is 43.2 Å². The van der Waals surface area contributed by atoms with Gasteiger partial charge in [-0.15, -0.1) is 0 Å². The van der Waals surface area contributed by atoms with E-state index in [0.29, 0.717) is 36.4 Å². The molecular formula is C25H27F3N4O3. The van der Waals surface area contributed by atoms with Gasteiger partial charge in [0.15, 0.2) is 0 Å². The summed E-state index contributed by atoms with van der Waals surface area (Å²) in [6.07, 6.45) is -1.26. The summed E-state index contributed by atoms with van der Waals surface area (Å²) >= 11 is 0. The first-order chi connectivity index (χ1) is 16.6. The maximum atomic E-state index is 13.0. The van der Waals surface area contributed by atoms with Crippen molar-refractivity contribution >= 4 is 5.91 Å². The number of β-amino-alcohol motifs (C(OH)–C–C–N with tert-alkyl or cyclic N) is 1. The second-order valence-corrected chi connectivity index (χ2v) is 8.76. The van der Waals surface area contributed by atoms with Gasteiger partial charge in [-0.3, -0.25) is 9.69 Å². The molecule has 7 nitrogen and oxygen atoms in total. The zero-order valence-electron chi connectivity index (χ0n) is 19.4. The number of aryl methyl sites for hydroxylation is 1. The maximum Gasteiger partial charge on any atom is 0.416 e. The lowest BCUT2D eigenvalue weighted by molar-refractivity contribution is -0.137. The second-order valence-electron chi connectivity index (χ2n) is 8.76. The lowest BCUT2D eigenvalue weighted by Crippen LogP contribution is -2.52. The molecule has 0 bridgehead atoms. The molecule has 1 aromatic heterocycles. The normalized spacial score (nSPS) is 18.9. The summed E-state index contributed by atoms with van der Waals surface area (Å²) in [6, 6.07) is 9.88. The van der Waals surface area contributed by atoms with Crippen LogP contribution in [0, 0.1) is 6.92 Å². The van der Waals surface area contributed by atoms with Crippen LogP contribution in [0.5, 0.6) is 5.75 Å². The molecule has 2 unspecified atom stereocenters. The largest absolute Gasteiger partial charge is 0.495 e. The standard InChI is InChI=1S/C25H27F3N4O3/c1-16-11-32(15-29-16)22-7-6-18(9-23(22)35-2)24(34)30-20-10-21(33)14-31(13-20)12-17-4-3-5-19(8-17)25(26,27)28/h3-9,11,15,20-21,33H,10,12-14H2,1-2H3,(H,30,34). The van der Waals surface area contributed by atoms with Crippen molar-refractivity contribution < 1.29 is 27.8 Å². The smallest absolute Gasteiger partial charge is 0.416 e. The lowest BCUT2D eigenvalue weighted by atomic mass is 10.0. The third-order valence-electron chi connectivity index (χ3n) is 5.93. The van der Waals surface area contributed by atoms with Gasteiger partial charge in [0.25, 0.3) is 5.91 Å². The van der Waals surface area contributed by atoms with E-state index in [1.54, 1.807) is 35.2 Å². The van der Waals surface area contributed by atoms with Crippen LogP contribution >= 0.6 is 0 Å². The molecule has 1 aliphatic rings. The van der Waals surface area contributed by atoms with Crippen LogP contribution in [0.15, 0.2) is 55.0 Å². The molecule has 0 radical (unpaired) electrons. The Bertz CT molecular complexity index is 1190. The number of likely N-dealkylation sites (tertiary alicyclic amines) is 1. The van der Waals surface area contributed by atoms with Gasteiger partial charge >= 0.3 is 6.18 Å². The molecule has 1 amide bonds. The molecule has 4 rings (SSSR count). The molecule has 0 aliphatic carbocycles. The highest BCUT2D eigenvalue weighted by molar-refractivity contribution is 5.95. The van der Waals surface area contributed by atoms with Crippen molar-refractivity contribution in [1.29, 1.82) is 0 Å². The molecule has 0 spiro atoms. The molecule has 2 atom stereocenters. The molecule has 2 heterocycles. The summed E-state index contributed by atoms with van der Waals surface area (Å²) < 4.78 is 46.4. The number of aromatic nitrogens is 2. The van der Waals surface area contributed by atoms with Gasteiger partial charge in [0.1, 0.15) is 5.75 Å². The average Bonchev–Trinajstić information content (AvgIpc) is 3.24. The highest BCUT2D eigenvalue weighted by Crippen LogP contribution is 2.30. The van der Waals surface area contributed by atoms with E-state index in [1.807, 2.05) is 18.0 Å². The van der Waals surface area contributed by atoms with Crippen LogP contribution in [0.25, 0.3) is 5.69 Å². The third-order valence-corrected chi connectivity index (χ3v) is 5.93. The molecule has 10 heteroatoms. The number of piperidine rings is 1. The number of carbonyl (C=O) groups is 1. The minimum atomic E-state index is -4.42. The second kappa shape index (κ2) is 10.1. The number of hydrogen-bond donors (Lipinski definition) is 2. The summed E-state index contributed by atoms with van der Waals surface area (Å²) in [6.45, 7) is 2.83. The number of benzene rings is 2. The van der Waals surface area contributed by atoms with Crippen molar-refractivity contribution in [3.63, 3.8) is 0 Å². The molecule has 35 heavy (non-hydrogen) atoms. The van der Waals surface area contributed by atoms with Crippen LogP contribution in [0.4, 0.5) is 13.2 Å². The number of hydrogen-bond acceptors (Lipinski definition) is 5. The van der Waals surface area contributed by atoms with E-state index in [0.717, 1.165) is 23.5 Å². The quantitative estimate of drug-likeness (QED) is 0.555. The van der Waals surface area contributed by atoms with Crippen LogP contribution < -0.4 is 10.1 Å². The summed E-state index contributed by atoms with van der Waals surface area (Å²) in [5.74, 6) is 0.180. The van der Waals surface area contributed by atoms with E-state index in [2.05, 4.69) is 10.3 Å². The Kier molecular flexibility index (Phi) is 7.13. The SMILES string of the molecule is COc1cc(C(=O)NC2CC(O)CN(Cc3cccc(C(F)(F)F)c3)C2)ccc1-n1cnc(C)c1. The molecule has 0 saturated carbocycles. The third kappa shape index (κ3) is 6.01. The van der Waals surface area contributed by atoms with Gasteiger partial charge in [0.2, 0.25) is 0 Å². The van der Waals surface area contributed by atoms with E-state index in [4.69, 9.17) is 4.74 Å². The molecule has 2 aromatic carbocycles. The van der Waals surface area contributed by atoms with Gasteiger partial charge in [-0.25, -0.2) is 4.98 Å². The van der Waals surface area contributed by atoms with Crippen molar-refractivity contribution in [2.45, 2.75) is 38.2 Å². The number of alkyl halides is 3. The van der Waals surface area contributed by atoms with Gasteiger partial charge in [-0.1, -0.05) is 18.2 Å². The number of imidazole rings is 1. The first kappa shape index (κ1) is 24.7. The summed E-state index contributed by atoms with van der Waals surface area (Å²) in [5, 5.41) is 13.3. The maximum absolute atomic E-state index is 13.0. The minimum absolute atomic E-state index is 0.236. The summed E-state index contributed by atoms with van der Waals surface area (Å²) in [5.41, 5.74) is 1.77. The van der Waals surface area contributed by atoms with Crippen molar-refractivity contribution in [2.75, 3.05) is 20.2 Å². The van der Waals surface area contributed by atoms with Crippen LogP contribution in [-0.2, 0) is 12.7 Å². The number of amides is 1. The molecule has 1 saturated heterocycles. The van der Waals surface area contributed by atoms with Crippen molar-refractivity contribution in [1.82, 2.24) is 19.8 Å². The summed E-state index contributed by atoms with van der Waals surface area (Å²) in [7, 11) is 1.52. The Labute approximate surface area is 201 Å². The average molecular weight is 489 g/mol. The predicted molar refractivity (Wildman–Crippen MR) is 123 cm³/mol. The number of halogens is 3. The first-order valence-electron chi connectivity index (χ1n) is 11.2. The van der Waals surface area contributed by atoms with E-state index in [9.17, 15) is 23.1 Å². The van der Waals surface area contributed by atoms with Crippen LogP contribution in [0.3, 0.4) is 0 Å². The van der Waals surface area contributed by atoms with E-state index >= 15 is 0 Å². The molecular weight excluding hydrogens is 461 g/mol. The van der Waals surface area contributed by atoms with Gasteiger partial charge in [0, 0.05) is 37.4 Å². The molecule has 186 valence electrons. The fourth-order valence-corrected chi connectivity index (χ4v) is 4.35. The van der Waals surface area contributed by atoms with Crippen molar-refractivity contribution in [3.8, 4) is 11.4 Å². The van der Waals surface area contributed by atoms with Crippen LogP contribution in [-0.4, -0.2) is 57.8 Å². The number of ether oxygens (including phenoxy) is 1. The topological polar surface area (TPSA) is 79.6 Å². The van der Waals surface area contributed by atoms with Gasteiger partial charge in [-0.2, -0.15) is 13.2 Å². The molecule has 1 aliphatic heterocycles. The monoisotopic (exact) mass is 488 g/mol. The van der Waals surface area contributed by atoms with Crippen LogP contribution in [0.1, 0.15) is 33.6 Å². The lowest BCUT2D eigenvalue weighted by Gasteiger charge is -2.36. The van der Waals surface area contributed by atoms with Gasteiger partial charge < -0.3 is 19.7 Å². The Balaban J connectivity index is 1.44. The van der Waals surface area contributed by atoms with Crippen molar-refractivity contribution in [3.05, 3.63) is 77.4 Å². The number of carbonyl (C=O) groups excluding carboxylic acids is 1. The number of aliphatic hydroxyl groups excluding tert-OH is 1. The molecule has 3 aromatic rings. The Morgan fingerprint density at radius 1 is 1.23 bits per heavy atom. The number of nitrogens with one attached hydrogen (secondary N) is 1. The highest BCUT2D eigenvalue weighted by Gasteiger charge is 2.31. The number of nitrogens with zero attached hydrogens (tertiary/aromatic N) is 3. The molecule has 2 N–H and O–H groups in total. The predicted octanol–water partition coefficient (Wildman–Crippen LogP) is 3.57. The van der Waals surface area contributed by atoms with E-state index < -0.39 is 17.8 Å². The number of methoxy groups -OCH3 is 1. The number of rotatable bonds is 6. The van der Waals surface area contributed by atoms with E-state index in [-0.39, 0.29) is 18.5 Å². The van der Waals surface area contributed by atoms with Gasteiger partial charge in [0.05, 0.1) is 36.5 Å². The van der Waals surface area contributed by atoms with E-state index in [1.165, 1.54) is 13.2 Å². The van der Waals surface area contributed by atoms with Crippen LogP contribution in [0.2, 0.25) is 0 Å². The number of aliphatic hydroxyl groups is 1. The first-order valence-corrected chi connectivity index (χ1v) is 11.2. The zero-order valence-corrected chi connectivity index (χ0v) is 19.4. The Hall–Kier alpha value is -3.37. The highest BCUT2D eigenvalue weighted by atomic mass is 19.4. The fourth-order valence-electron chi connectivity index (χ4n) is 4.35. The molecule has 1 fully saturated rings. The Morgan fingerprint density at radius 2 is 2.03 bits per heavy atom. The zero-order chi connectivity index (χ0) is 25.2. The Morgan fingerprint density at radius 3 is 2.71 bits per heavy atom. The fraction of sp³-hybridized carbons (Fsp3) is 0.360.